The summed E-state index contributed by atoms with van der Waals surface area (Å²) in [5, 5.41) is 13.2. The van der Waals surface area contributed by atoms with Crippen molar-refractivity contribution in [3.05, 3.63) is 35.4 Å². The van der Waals surface area contributed by atoms with E-state index < -0.39 is 6.23 Å². The molecule has 1 aliphatic carbocycles. The lowest BCUT2D eigenvalue weighted by Gasteiger charge is -2.44. The second kappa shape index (κ2) is 6.75. The summed E-state index contributed by atoms with van der Waals surface area (Å²) in [5.74, 6) is 0. The highest BCUT2D eigenvalue weighted by Crippen LogP contribution is 2.51. The molecule has 132 valence electrons. The van der Waals surface area contributed by atoms with Crippen molar-refractivity contribution in [3.8, 4) is 0 Å². The number of nitrogens with one attached hydrogen (secondary N) is 1. The van der Waals surface area contributed by atoms with Crippen LogP contribution >= 0.6 is 0 Å². The molecule has 2 N–H and O–H groups in total. The molecule has 1 aromatic rings. The van der Waals surface area contributed by atoms with Crippen LogP contribution in [-0.2, 0) is 10.2 Å². The Kier molecular flexibility index (Phi) is 4.65. The Hall–Kier alpha value is -0.940. The summed E-state index contributed by atoms with van der Waals surface area (Å²) in [7, 11) is 0. The Balaban J connectivity index is 1.50. The number of piperidine rings is 1. The number of ether oxygens (including phenoxy) is 1. The van der Waals surface area contributed by atoms with Gasteiger partial charge in [0, 0.05) is 25.3 Å². The minimum Gasteiger partial charge on any atom is -0.381 e. The molecule has 4 heteroatoms. The average Bonchev–Trinajstić information content (AvgIpc) is 2.90. The molecule has 4 rings (SSSR count). The fourth-order valence-corrected chi connectivity index (χ4v) is 5.18. The lowest BCUT2D eigenvalue weighted by atomic mass is 9.73. The Morgan fingerprint density at radius 2 is 1.92 bits per heavy atom. The van der Waals surface area contributed by atoms with Gasteiger partial charge < -0.3 is 14.7 Å². The van der Waals surface area contributed by atoms with Crippen LogP contribution in [0.2, 0.25) is 0 Å². The van der Waals surface area contributed by atoms with Crippen molar-refractivity contribution in [3.63, 3.8) is 0 Å². The molecule has 2 atom stereocenters. The number of aliphatic hydroxyl groups excluding tert-OH is 1. The number of hydrogen-bond donors (Lipinski definition) is 2. The van der Waals surface area contributed by atoms with Gasteiger partial charge in [0.05, 0.1) is 0 Å². The van der Waals surface area contributed by atoms with Crippen LogP contribution in [-0.4, -0.2) is 48.6 Å². The smallest absolute Gasteiger partial charge is 0.102 e. The van der Waals surface area contributed by atoms with E-state index in [1.54, 1.807) is 0 Å². The fourth-order valence-electron chi connectivity index (χ4n) is 5.18. The molecule has 0 amide bonds. The molecule has 0 saturated carbocycles. The quantitative estimate of drug-likeness (QED) is 0.836. The summed E-state index contributed by atoms with van der Waals surface area (Å²) in [4.78, 5) is 2.70. The maximum absolute atomic E-state index is 9.81. The highest BCUT2D eigenvalue weighted by Gasteiger charge is 2.46. The largest absolute Gasteiger partial charge is 0.381 e. The van der Waals surface area contributed by atoms with Crippen LogP contribution in [0, 0.1) is 0 Å². The first-order valence-corrected chi connectivity index (χ1v) is 9.53. The Labute approximate surface area is 145 Å². The van der Waals surface area contributed by atoms with Crippen molar-refractivity contribution in [2.75, 3.05) is 26.3 Å². The lowest BCUT2D eigenvalue weighted by Crippen LogP contribution is -2.48. The molecule has 24 heavy (non-hydrogen) atoms. The molecule has 3 aliphatic rings. The standard InChI is InChI=1S/C20H30N2O2/c1-15(23)21-19-14-20(18-5-3-2-4-17(18)19)8-10-22(11-9-20)16-6-12-24-13-7-16/h2-5,15-16,19,21,23H,6-14H2,1H3/t15?,19-/m0/s1. The van der Waals surface area contributed by atoms with Crippen molar-refractivity contribution in [2.45, 2.75) is 62.8 Å². The number of hydrogen-bond acceptors (Lipinski definition) is 4. The summed E-state index contributed by atoms with van der Waals surface area (Å²) < 4.78 is 5.52. The maximum atomic E-state index is 9.81. The second-order valence-electron chi connectivity index (χ2n) is 7.85. The van der Waals surface area contributed by atoms with Gasteiger partial charge in [0.2, 0.25) is 0 Å². The SMILES string of the molecule is CC(O)N[C@H]1CC2(CCN(C3CCOCC3)CC2)c2ccccc21. The van der Waals surface area contributed by atoms with E-state index >= 15 is 0 Å². The van der Waals surface area contributed by atoms with Gasteiger partial charge in [-0.3, -0.25) is 5.32 Å². The monoisotopic (exact) mass is 330 g/mol. The fraction of sp³-hybridized carbons (Fsp3) is 0.700. The van der Waals surface area contributed by atoms with Gasteiger partial charge in [0.15, 0.2) is 0 Å². The third-order valence-corrected chi connectivity index (χ3v) is 6.41. The Morgan fingerprint density at radius 1 is 1.21 bits per heavy atom. The van der Waals surface area contributed by atoms with Crippen LogP contribution in [0.4, 0.5) is 0 Å². The van der Waals surface area contributed by atoms with Crippen molar-refractivity contribution in [1.82, 2.24) is 10.2 Å². The number of fused-ring (bicyclic) bond motifs is 2. The summed E-state index contributed by atoms with van der Waals surface area (Å²) in [5.41, 5.74) is 3.22. The van der Waals surface area contributed by atoms with Gasteiger partial charge in [-0.05, 0) is 68.7 Å². The molecule has 2 fully saturated rings. The molecule has 1 unspecified atom stereocenters. The average molecular weight is 330 g/mol. The van der Waals surface area contributed by atoms with Crippen LogP contribution in [0.5, 0.6) is 0 Å². The predicted octanol–water partition coefficient (Wildman–Crippen LogP) is 2.57. The maximum Gasteiger partial charge on any atom is 0.102 e. The van der Waals surface area contributed by atoms with Gasteiger partial charge in [-0.15, -0.1) is 0 Å². The van der Waals surface area contributed by atoms with Gasteiger partial charge >= 0.3 is 0 Å². The van der Waals surface area contributed by atoms with E-state index in [1.165, 1.54) is 49.9 Å². The number of benzene rings is 1. The molecule has 2 aliphatic heterocycles. The Bertz CT molecular complexity index is 561. The predicted molar refractivity (Wildman–Crippen MR) is 94.9 cm³/mol. The van der Waals surface area contributed by atoms with Gasteiger partial charge in [0.1, 0.15) is 6.23 Å². The third kappa shape index (κ3) is 3.01. The minimum absolute atomic E-state index is 0.288. The van der Waals surface area contributed by atoms with Crippen LogP contribution < -0.4 is 5.32 Å². The van der Waals surface area contributed by atoms with E-state index in [2.05, 4.69) is 34.5 Å². The molecule has 2 heterocycles. The van der Waals surface area contributed by atoms with E-state index in [0.29, 0.717) is 5.41 Å². The molecule has 0 bridgehead atoms. The number of nitrogens with zero attached hydrogens (tertiary/aromatic N) is 1. The molecular weight excluding hydrogens is 300 g/mol. The van der Waals surface area contributed by atoms with Crippen LogP contribution in [0.25, 0.3) is 0 Å². The number of aliphatic hydroxyl groups is 1. The van der Waals surface area contributed by atoms with Gasteiger partial charge in [-0.1, -0.05) is 24.3 Å². The molecule has 0 aromatic heterocycles. The van der Waals surface area contributed by atoms with Crippen molar-refractivity contribution < 1.29 is 9.84 Å². The van der Waals surface area contributed by atoms with Crippen molar-refractivity contribution in [2.24, 2.45) is 0 Å². The molecule has 1 spiro atoms. The normalized spacial score (nSPS) is 28.8. The summed E-state index contributed by atoms with van der Waals surface area (Å²) in [6, 6.07) is 9.88. The van der Waals surface area contributed by atoms with Gasteiger partial charge in [-0.2, -0.15) is 0 Å². The van der Waals surface area contributed by atoms with Gasteiger partial charge in [-0.25, -0.2) is 0 Å². The first-order chi connectivity index (χ1) is 11.7. The zero-order chi connectivity index (χ0) is 16.6. The lowest BCUT2D eigenvalue weighted by molar-refractivity contribution is 0.0160. The first-order valence-electron chi connectivity index (χ1n) is 9.53. The summed E-state index contributed by atoms with van der Waals surface area (Å²) in [6.45, 7) is 6.06. The number of likely N-dealkylation sites (tertiary alicyclic amines) is 1. The number of rotatable bonds is 3. The van der Waals surface area contributed by atoms with Crippen LogP contribution in [0.15, 0.2) is 24.3 Å². The Morgan fingerprint density at radius 3 is 2.62 bits per heavy atom. The molecular formula is C20H30N2O2. The van der Waals surface area contributed by atoms with Crippen molar-refractivity contribution >= 4 is 0 Å². The third-order valence-electron chi connectivity index (χ3n) is 6.41. The molecule has 2 saturated heterocycles. The zero-order valence-corrected chi connectivity index (χ0v) is 14.7. The highest BCUT2D eigenvalue weighted by molar-refractivity contribution is 5.42. The van der Waals surface area contributed by atoms with Gasteiger partial charge in [0.25, 0.3) is 0 Å². The summed E-state index contributed by atoms with van der Waals surface area (Å²) >= 11 is 0. The molecule has 1 aromatic carbocycles. The molecule has 0 radical (unpaired) electrons. The molecule has 4 nitrogen and oxygen atoms in total. The van der Waals surface area contributed by atoms with E-state index in [1.807, 2.05) is 6.92 Å². The van der Waals surface area contributed by atoms with Crippen molar-refractivity contribution in [1.29, 1.82) is 0 Å². The zero-order valence-electron chi connectivity index (χ0n) is 14.7. The van der Waals surface area contributed by atoms with Crippen LogP contribution in [0.3, 0.4) is 0 Å². The summed E-state index contributed by atoms with van der Waals surface area (Å²) in [6.07, 6.45) is 5.52. The highest BCUT2D eigenvalue weighted by atomic mass is 16.5. The second-order valence-corrected chi connectivity index (χ2v) is 7.85. The topological polar surface area (TPSA) is 44.7 Å². The van der Waals surface area contributed by atoms with E-state index in [-0.39, 0.29) is 6.04 Å². The van der Waals surface area contributed by atoms with E-state index in [0.717, 1.165) is 25.7 Å². The van der Waals surface area contributed by atoms with E-state index in [9.17, 15) is 5.11 Å². The van der Waals surface area contributed by atoms with Crippen LogP contribution in [0.1, 0.15) is 56.2 Å². The minimum atomic E-state index is -0.458. The van der Waals surface area contributed by atoms with E-state index in [4.69, 9.17) is 4.74 Å². The first kappa shape index (κ1) is 16.5.